The Hall–Kier alpha value is -2.08. The number of halogens is 1. The topological polar surface area (TPSA) is 105 Å². The van der Waals surface area contributed by atoms with Crippen molar-refractivity contribution in [3.05, 3.63) is 35.9 Å². The van der Waals surface area contributed by atoms with Crippen molar-refractivity contribution < 1.29 is 14.7 Å². The summed E-state index contributed by atoms with van der Waals surface area (Å²) in [5.74, 6) is -1.02. The van der Waals surface area contributed by atoms with E-state index in [2.05, 4.69) is 10.3 Å². The van der Waals surface area contributed by atoms with Gasteiger partial charge in [-0.3, -0.25) is 9.79 Å². The average molecular weight is 312 g/mol. The standard InChI is InChI=1S/C14H18ClN3O3/c15-9-12(16)17-8-4-7-11(14(20)21)18-13(19)10-5-2-1-3-6-10/h1-3,5-6,11H,4,7-9H2,(H2,16,17)(H,18,19)(H,20,21)/t11-/m0/s1. The van der Waals surface area contributed by atoms with E-state index in [0.717, 1.165) is 0 Å². The molecule has 0 aliphatic rings. The monoisotopic (exact) mass is 311 g/mol. The van der Waals surface area contributed by atoms with E-state index >= 15 is 0 Å². The van der Waals surface area contributed by atoms with Crippen LogP contribution in [0.25, 0.3) is 0 Å². The summed E-state index contributed by atoms with van der Waals surface area (Å²) in [5, 5.41) is 11.6. The molecule has 0 spiro atoms. The first kappa shape index (κ1) is 17.0. The number of alkyl halides is 1. The first-order valence-electron chi connectivity index (χ1n) is 6.48. The largest absolute Gasteiger partial charge is 0.480 e. The Morgan fingerprint density at radius 2 is 2.00 bits per heavy atom. The van der Waals surface area contributed by atoms with Crippen LogP contribution >= 0.6 is 11.6 Å². The maximum atomic E-state index is 11.9. The third-order valence-corrected chi connectivity index (χ3v) is 3.02. The summed E-state index contributed by atoms with van der Waals surface area (Å²) >= 11 is 5.47. The minimum absolute atomic E-state index is 0.146. The van der Waals surface area contributed by atoms with Crippen molar-refractivity contribution in [1.82, 2.24) is 5.32 Å². The maximum absolute atomic E-state index is 11.9. The van der Waals surface area contributed by atoms with Crippen LogP contribution in [0.15, 0.2) is 35.3 Å². The number of amides is 1. The Balaban J connectivity index is 2.51. The molecule has 1 aromatic rings. The highest BCUT2D eigenvalue weighted by atomic mass is 35.5. The number of aliphatic imine (C=N–C) groups is 1. The molecule has 0 fully saturated rings. The first-order valence-corrected chi connectivity index (χ1v) is 7.01. The summed E-state index contributed by atoms with van der Waals surface area (Å²) in [6.07, 6.45) is 0.761. The molecule has 0 saturated heterocycles. The zero-order chi connectivity index (χ0) is 15.7. The molecule has 0 radical (unpaired) electrons. The minimum atomic E-state index is -1.08. The third-order valence-electron chi connectivity index (χ3n) is 2.74. The lowest BCUT2D eigenvalue weighted by molar-refractivity contribution is -0.139. The number of nitrogens with one attached hydrogen (secondary N) is 1. The number of hydrogen-bond acceptors (Lipinski definition) is 3. The van der Waals surface area contributed by atoms with Gasteiger partial charge in [0, 0.05) is 12.1 Å². The van der Waals surface area contributed by atoms with Crippen LogP contribution in [-0.2, 0) is 4.79 Å². The summed E-state index contributed by atoms with van der Waals surface area (Å²) < 4.78 is 0. The molecule has 1 atom stereocenters. The molecule has 0 unspecified atom stereocenters. The normalized spacial score (nSPS) is 12.7. The van der Waals surface area contributed by atoms with Gasteiger partial charge in [0.2, 0.25) is 0 Å². The van der Waals surface area contributed by atoms with Gasteiger partial charge in [-0.25, -0.2) is 4.79 Å². The molecule has 0 aromatic heterocycles. The Kier molecular flexibility index (Phi) is 7.25. The van der Waals surface area contributed by atoms with E-state index in [1.165, 1.54) is 0 Å². The fraction of sp³-hybridized carbons (Fsp3) is 0.357. The second-order valence-electron chi connectivity index (χ2n) is 4.38. The fourth-order valence-electron chi connectivity index (χ4n) is 1.65. The average Bonchev–Trinajstić information content (AvgIpc) is 2.50. The Morgan fingerprint density at radius 1 is 1.33 bits per heavy atom. The van der Waals surface area contributed by atoms with Gasteiger partial charge in [-0.2, -0.15) is 0 Å². The van der Waals surface area contributed by atoms with Crippen LogP contribution in [0.4, 0.5) is 0 Å². The molecule has 1 aromatic carbocycles. The maximum Gasteiger partial charge on any atom is 0.326 e. The second-order valence-corrected chi connectivity index (χ2v) is 4.65. The van der Waals surface area contributed by atoms with E-state index < -0.39 is 17.9 Å². The number of carbonyl (C=O) groups excluding carboxylic acids is 1. The molecular weight excluding hydrogens is 294 g/mol. The number of rotatable bonds is 8. The third kappa shape index (κ3) is 6.27. The van der Waals surface area contributed by atoms with Crippen molar-refractivity contribution >= 4 is 29.3 Å². The van der Waals surface area contributed by atoms with E-state index in [1.807, 2.05) is 0 Å². The molecule has 0 aliphatic carbocycles. The Bertz CT molecular complexity index is 505. The van der Waals surface area contributed by atoms with Crippen molar-refractivity contribution in [2.24, 2.45) is 10.7 Å². The Labute approximate surface area is 128 Å². The molecule has 0 heterocycles. The predicted molar refractivity (Wildman–Crippen MR) is 81.8 cm³/mol. The van der Waals surface area contributed by atoms with Gasteiger partial charge in [0.05, 0.1) is 5.88 Å². The van der Waals surface area contributed by atoms with E-state index in [1.54, 1.807) is 30.3 Å². The van der Waals surface area contributed by atoms with Crippen LogP contribution in [0.2, 0.25) is 0 Å². The number of aliphatic carboxylic acids is 1. The van der Waals surface area contributed by atoms with E-state index in [-0.39, 0.29) is 12.3 Å². The molecule has 7 heteroatoms. The molecule has 1 amide bonds. The van der Waals surface area contributed by atoms with Crippen LogP contribution in [0.5, 0.6) is 0 Å². The van der Waals surface area contributed by atoms with Gasteiger partial charge in [-0.05, 0) is 25.0 Å². The summed E-state index contributed by atoms with van der Waals surface area (Å²) in [5.41, 5.74) is 5.86. The number of amidine groups is 1. The van der Waals surface area contributed by atoms with Crippen LogP contribution in [-0.4, -0.2) is 41.3 Å². The molecule has 1 rings (SSSR count). The quantitative estimate of drug-likeness (QED) is 0.291. The summed E-state index contributed by atoms with van der Waals surface area (Å²) in [4.78, 5) is 27.0. The number of carboxylic acids is 1. The number of carboxylic acid groups (broad SMARTS) is 1. The second kappa shape index (κ2) is 8.97. The van der Waals surface area contributed by atoms with Gasteiger partial charge in [-0.15, -0.1) is 11.6 Å². The number of benzene rings is 1. The highest BCUT2D eigenvalue weighted by Gasteiger charge is 2.19. The lowest BCUT2D eigenvalue weighted by Gasteiger charge is -2.14. The molecule has 4 N–H and O–H groups in total. The molecule has 21 heavy (non-hydrogen) atoms. The van der Waals surface area contributed by atoms with Crippen molar-refractivity contribution in [3.63, 3.8) is 0 Å². The van der Waals surface area contributed by atoms with E-state index in [9.17, 15) is 9.59 Å². The van der Waals surface area contributed by atoms with E-state index in [4.69, 9.17) is 22.4 Å². The lowest BCUT2D eigenvalue weighted by atomic mass is 10.1. The van der Waals surface area contributed by atoms with Gasteiger partial charge in [0.1, 0.15) is 11.9 Å². The highest BCUT2D eigenvalue weighted by molar-refractivity contribution is 6.27. The zero-order valence-electron chi connectivity index (χ0n) is 11.5. The minimum Gasteiger partial charge on any atom is -0.480 e. The predicted octanol–water partition coefficient (Wildman–Crippen LogP) is 1.25. The molecule has 0 saturated carbocycles. The number of nitrogens with zero attached hydrogens (tertiary/aromatic N) is 1. The molecular formula is C14H18ClN3O3. The number of carbonyl (C=O) groups is 2. The van der Waals surface area contributed by atoms with Crippen molar-refractivity contribution in [2.75, 3.05) is 12.4 Å². The fourth-order valence-corrected chi connectivity index (χ4v) is 1.73. The highest BCUT2D eigenvalue weighted by Crippen LogP contribution is 2.03. The van der Waals surface area contributed by atoms with Crippen molar-refractivity contribution in [2.45, 2.75) is 18.9 Å². The smallest absolute Gasteiger partial charge is 0.326 e. The summed E-state index contributed by atoms with van der Waals surface area (Å²) in [6, 6.07) is 7.51. The van der Waals surface area contributed by atoms with Gasteiger partial charge in [0.25, 0.3) is 5.91 Å². The van der Waals surface area contributed by atoms with Gasteiger partial charge < -0.3 is 16.2 Å². The lowest BCUT2D eigenvalue weighted by Crippen LogP contribution is -2.40. The van der Waals surface area contributed by atoms with Crippen LogP contribution in [0, 0.1) is 0 Å². The molecule has 114 valence electrons. The summed E-state index contributed by atoms with van der Waals surface area (Å²) in [7, 11) is 0. The van der Waals surface area contributed by atoms with Gasteiger partial charge in [-0.1, -0.05) is 18.2 Å². The molecule has 0 bridgehead atoms. The molecule has 0 aliphatic heterocycles. The molecule has 6 nitrogen and oxygen atoms in total. The Morgan fingerprint density at radius 3 is 2.57 bits per heavy atom. The van der Waals surface area contributed by atoms with Gasteiger partial charge in [0.15, 0.2) is 0 Å². The van der Waals surface area contributed by atoms with Crippen LogP contribution in [0.3, 0.4) is 0 Å². The number of hydrogen-bond donors (Lipinski definition) is 3. The van der Waals surface area contributed by atoms with Crippen LogP contribution < -0.4 is 11.1 Å². The SMILES string of the molecule is NC(CCl)=NCCC[C@H](NC(=O)c1ccccc1)C(=O)O. The van der Waals surface area contributed by atoms with Crippen molar-refractivity contribution in [1.29, 1.82) is 0 Å². The summed E-state index contributed by atoms with van der Waals surface area (Å²) in [6.45, 7) is 0.379. The van der Waals surface area contributed by atoms with Gasteiger partial charge >= 0.3 is 5.97 Å². The van der Waals surface area contributed by atoms with E-state index in [0.29, 0.717) is 24.4 Å². The zero-order valence-corrected chi connectivity index (χ0v) is 12.2. The van der Waals surface area contributed by atoms with Crippen LogP contribution in [0.1, 0.15) is 23.2 Å². The number of nitrogens with two attached hydrogens (primary N) is 1. The first-order chi connectivity index (χ1) is 10.0. The van der Waals surface area contributed by atoms with Crippen molar-refractivity contribution in [3.8, 4) is 0 Å².